The average molecular weight is 353 g/mol. The Balaban J connectivity index is 2.04. The summed E-state index contributed by atoms with van der Waals surface area (Å²) in [6.45, 7) is 4.33. The van der Waals surface area contributed by atoms with Gasteiger partial charge >= 0.3 is 0 Å². The van der Waals surface area contributed by atoms with Crippen molar-refractivity contribution in [2.24, 2.45) is 5.92 Å². The predicted molar refractivity (Wildman–Crippen MR) is 104 cm³/mol. The van der Waals surface area contributed by atoms with Gasteiger partial charge in [-0.05, 0) is 31.9 Å². The van der Waals surface area contributed by atoms with Crippen LogP contribution in [0, 0.1) is 24.2 Å². The second kappa shape index (κ2) is 7.88. The van der Waals surface area contributed by atoms with Crippen LogP contribution < -0.4 is 5.32 Å². The van der Waals surface area contributed by atoms with E-state index in [-0.39, 0.29) is 0 Å². The summed E-state index contributed by atoms with van der Waals surface area (Å²) in [6, 6.07) is 10.9. The predicted octanol–water partition coefficient (Wildman–Crippen LogP) is 5.04. The Morgan fingerprint density at radius 3 is 2.52 bits per heavy atom. The molecule has 1 saturated carbocycles. The fourth-order valence-electron chi connectivity index (χ4n) is 3.37. The molecule has 2 aromatic rings. The molecule has 5 heteroatoms. The van der Waals surface area contributed by atoms with E-state index < -0.39 is 0 Å². The van der Waals surface area contributed by atoms with Gasteiger partial charge in [0.15, 0.2) is 5.16 Å². The lowest BCUT2D eigenvalue weighted by Crippen LogP contribution is -2.31. The maximum atomic E-state index is 9.80. The fraction of sp³-hybridized carbons (Fsp3) is 0.450. The van der Waals surface area contributed by atoms with Crippen LogP contribution in [-0.4, -0.2) is 22.3 Å². The molecular formula is C20H24N4S. The van der Waals surface area contributed by atoms with Gasteiger partial charge in [-0.2, -0.15) is 5.26 Å². The summed E-state index contributed by atoms with van der Waals surface area (Å²) in [5, 5.41) is 14.1. The summed E-state index contributed by atoms with van der Waals surface area (Å²) in [4.78, 5) is 9.24. The van der Waals surface area contributed by atoms with Gasteiger partial charge in [-0.3, -0.25) is 0 Å². The Morgan fingerprint density at radius 1 is 1.16 bits per heavy atom. The van der Waals surface area contributed by atoms with E-state index in [2.05, 4.69) is 35.2 Å². The van der Waals surface area contributed by atoms with Crippen molar-refractivity contribution in [3.8, 4) is 17.3 Å². The van der Waals surface area contributed by atoms with Crippen molar-refractivity contribution in [2.45, 2.75) is 50.7 Å². The van der Waals surface area contributed by atoms with E-state index in [0.717, 1.165) is 12.0 Å². The number of aryl methyl sites for hydroxylation is 1. The van der Waals surface area contributed by atoms with Crippen LogP contribution in [0.3, 0.4) is 0 Å². The Morgan fingerprint density at radius 2 is 1.88 bits per heavy atom. The molecule has 1 N–H and O–H groups in total. The first-order chi connectivity index (χ1) is 12.1. The van der Waals surface area contributed by atoms with Gasteiger partial charge < -0.3 is 5.32 Å². The van der Waals surface area contributed by atoms with E-state index in [1.807, 2.05) is 30.5 Å². The SMILES string of the molecule is CSc1nc(N[C@@H]2CCCC[C@@H]2C)c(C#N)c(-c2ccc(C)cc2)n1. The number of hydrogen-bond acceptors (Lipinski definition) is 5. The van der Waals surface area contributed by atoms with E-state index in [1.165, 1.54) is 36.6 Å². The molecule has 25 heavy (non-hydrogen) atoms. The lowest BCUT2D eigenvalue weighted by molar-refractivity contribution is 0.349. The van der Waals surface area contributed by atoms with Crippen LogP contribution in [-0.2, 0) is 0 Å². The van der Waals surface area contributed by atoms with Gasteiger partial charge in [0, 0.05) is 11.6 Å². The smallest absolute Gasteiger partial charge is 0.189 e. The number of rotatable bonds is 4. The minimum Gasteiger partial charge on any atom is -0.366 e. The number of anilines is 1. The van der Waals surface area contributed by atoms with Crippen molar-refractivity contribution in [2.75, 3.05) is 11.6 Å². The largest absolute Gasteiger partial charge is 0.366 e. The molecule has 1 aromatic heterocycles. The van der Waals surface area contributed by atoms with Crippen LogP contribution >= 0.6 is 11.8 Å². The Labute approximate surface area is 154 Å². The molecular weight excluding hydrogens is 328 g/mol. The number of nitrogens with zero attached hydrogens (tertiary/aromatic N) is 3. The molecule has 1 fully saturated rings. The van der Waals surface area contributed by atoms with Crippen LogP contribution in [0.15, 0.2) is 29.4 Å². The molecule has 4 nitrogen and oxygen atoms in total. The zero-order chi connectivity index (χ0) is 17.8. The van der Waals surface area contributed by atoms with Gasteiger partial charge in [0.25, 0.3) is 0 Å². The lowest BCUT2D eigenvalue weighted by Gasteiger charge is -2.30. The lowest BCUT2D eigenvalue weighted by atomic mass is 9.86. The fourth-order valence-corrected chi connectivity index (χ4v) is 3.73. The van der Waals surface area contributed by atoms with Gasteiger partial charge in [0.05, 0.1) is 5.69 Å². The number of nitriles is 1. The second-order valence-corrected chi connectivity index (χ2v) is 7.55. The van der Waals surface area contributed by atoms with Crippen molar-refractivity contribution in [3.63, 3.8) is 0 Å². The molecule has 1 heterocycles. The van der Waals surface area contributed by atoms with Crippen LogP contribution in [0.1, 0.15) is 43.7 Å². The number of thioether (sulfide) groups is 1. The second-order valence-electron chi connectivity index (χ2n) is 6.77. The maximum absolute atomic E-state index is 9.80. The highest BCUT2D eigenvalue weighted by Crippen LogP contribution is 2.32. The van der Waals surface area contributed by atoms with E-state index in [0.29, 0.717) is 34.2 Å². The first-order valence-electron chi connectivity index (χ1n) is 8.82. The molecule has 0 aliphatic heterocycles. The van der Waals surface area contributed by atoms with Gasteiger partial charge in [0.1, 0.15) is 17.5 Å². The molecule has 0 radical (unpaired) electrons. The van der Waals surface area contributed by atoms with Crippen molar-refractivity contribution < 1.29 is 0 Å². The number of nitrogens with one attached hydrogen (secondary N) is 1. The minimum absolute atomic E-state index is 0.372. The number of hydrogen-bond donors (Lipinski definition) is 1. The normalized spacial score (nSPS) is 20.1. The molecule has 130 valence electrons. The molecule has 3 rings (SSSR count). The summed E-state index contributed by atoms with van der Waals surface area (Å²) in [5.41, 5.74) is 3.41. The van der Waals surface area contributed by atoms with Gasteiger partial charge in [-0.1, -0.05) is 61.4 Å². The molecule has 1 aliphatic carbocycles. The third-order valence-corrected chi connectivity index (χ3v) is 5.49. The first-order valence-corrected chi connectivity index (χ1v) is 10.0. The third kappa shape index (κ3) is 3.96. The molecule has 0 unspecified atom stereocenters. The Bertz CT molecular complexity index is 780. The average Bonchev–Trinajstić information content (AvgIpc) is 2.63. The Hall–Kier alpha value is -2.06. The van der Waals surface area contributed by atoms with E-state index in [4.69, 9.17) is 0 Å². The topological polar surface area (TPSA) is 61.6 Å². The summed E-state index contributed by atoms with van der Waals surface area (Å²) in [6.07, 6.45) is 6.84. The summed E-state index contributed by atoms with van der Waals surface area (Å²) in [5.74, 6) is 1.27. The van der Waals surface area contributed by atoms with Crippen molar-refractivity contribution >= 4 is 17.6 Å². The zero-order valence-corrected chi connectivity index (χ0v) is 15.9. The monoisotopic (exact) mass is 352 g/mol. The van der Waals surface area contributed by atoms with Gasteiger partial charge in [-0.15, -0.1) is 0 Å². The van der Waals surface area contributed by atoms with Crippen molar-refractivity contribution in [1.82, 2.24) is 9.97 Å². The highest BCUT2D eigenvalue weighted by atomic mass is 32.2. The van der Waals surface area contributed by atoms with Crippen LogP contribution in [0.4, 0.5) is 5.82 Å². The Kier molecular flexibility index (Phi) is 5.60. The van der Waals surface area contributed by atoms with Gasteiger partial charge in [-0.25, -0.2) is 9.97 Å². The number of benzene rings is 1. The minimum atomic E-state index is 0.372. The van der Waals surface area contributed by atoms with Crippen molar-refractivity contribution in [3.05, 3.63) is 35.4 Å². The molecule has 0 spiro atoms. The molecule has 1 aromatic carbocycles. The summed E-state index contributed by atoms with van der Waals surface area (Å²) in [7, 11) is 0. The standard InChI is InChI=1S/C20H24N4S/c1-13-8-10-15(11-9-13)18-16(12-21)19(24-20(23-18)25-3)22-17-7-5-4-6-14(17)2/h8-11,14,17H,4-7H2,1-3H3,(H,22,23,24)/t14-,17+/m0/s1. The molecule has 0 saturated heterocycles. The summed E-state index contributed by atoms with van der Waals surface area (Å²) < 4.78 is 0. The zero-order valence-electron chi connectivity index (χ0n) is 15.0. The highest BCUT2D eigenvalue weighted by Gasteiger charge is 2.24. The number of aromatic nitrogens is 2. The van der Waals surface area contributed by atoms with Crippen LogP contribution in [0.25, 0.3) is 11.3 Å². The molecule has 2 atom stereocenters. The van der Waals surface area contributed by atoms with Crippen LogP contribution in [0.2, 0.25) is 0 Å². The quantitative estimate of drug-likeness (QED) is 0.617. The van der Waals surface area contributed by atoms with E-state index >= 15 is 0 Å². The van der Waals surface area contributed by atoms with Crippen LogP contribution in [0.5, 0.6) is 0 Å². The van der Waals surface area contributed by atoms with E-state index in [9.17, 15) is 5.26 Å². The van der Waals surface area contributed by atoms with E-state index in [1.54, 1.807) is 0 Å². The first kappa shape index (κ1) is 17.8. The molecule has 0 bridgehead atoms. The molecule has 0 amide bonds. The summed E-state index contributed by atoms with van der Waals surface area (Å²) >= 11 is 1.51. The maximum Gasteiger partial charge on any atom is 0.189 e. The molecule has 1 aliphatic rings. The third-order valence-electron chi connectivity index (χ3n) is 4.94. The van der Waals surface area contributed by atoms with Gasteiger partial charge in [0.2, 0.25) is 0 Å². The highest BCUT2D eigenvalue weighted by molar-refractivity contribution is 7.98. The van der Waals surface area contributed by atoms with Crippen molar-refractivity contribution in [1.29, 1.82) is 5.26 Å².